The second kappa shape index (κ2) is 10.6. The van der Waals surface area contributed by atoms with Crippen molar-refractivity contribution in [2.75, 3.05) is 31.5 Å². The molecule has 1 aliphatic rings. The van der Waals surface area contributed by atoms with E-state index in [0.29, 0.717) is 16.6 Å². The normalized spacial score (nSPS) is 14.5. The van der Waals surface area contributed by atoms with Crippen LogP contribution < -0.4 is 5.32 Å². The molecule has 0 spiro atoms. The molecule has 1 aromatic heterocycles. The van der Waals surface area contributed by atoms with E-state index in [1.807, 2.05) is 42.8 Å². The number of aryl methyl sites for hydroxylation is 1. The van der Waals surface area contributed by atoms with Crippen LogP contribution in [-0.2, 0) is 13.1 Å². The Balaban J connectivity index is 1.35. The van der Waals surface area contributed by atoms with Crippen molar-refractivity contribution in [1.29, 1.82) is 0 Å². The van der Waals surface area contributed by atoms with E-state index in [0.717, 1.165) is 65.5 Å². The lowest BCUT2D eigenvalue weighted by atomic mass is 10.2. The molecular weight excluding hydrogens is 497 g/mol. The molecule has 0 amide bonds. The molecule has 1 N–H and O–H groups in total. The van der Waals surface area contributed by atoms with E-state index in [1.165, 1.54) is 5.56 Å². The number of rotatable bonds is 5. The fourth-order valence-electron chi connectivity index (χ4n) is 3.99. The topological polar surface area (TPSA) is 36.3 Å². The van der Waals surface area contributed by atoms with Crippen molar-refractivity contribution in [3.05, 3.63) is 80.0 Å². The number of thiocarbonyl (C=S) groups is 1. The van der Waals surface area contributed by atoms with E-state index >= 15 is 0 Å². The third-order valence-corrected chi connectivity index (χ3v) is 7.13. The zero-order chi connectivity index (χ0) is 23.5. The summed E-state index contributed by atoms with van der Waals surface area (Å²) in [6.45, 7) is 9.19. The van der Waals surface area contributed by atoms with Gasteiger partial charge in [0.15, 0.2) is 5.11 Å². The molecule has 3 aromatic rings. The molecule has 0 saturated carbocycles. The number of nitrogens with one attached hydrogen (secondary N) is 1. The van der Waals surface area contributed by atoms with Gasteiger partial charge in [-0.05, 0) is 61.5 Å². The van der Waals surface area contributed by atoms with Crippen molar-refractivity contribution in [3.8, 4) is 0 Å². The minimum absolute atomic E-state index is 0.570. The largest absolute Gasteiger partial charge is 0.346 e. The van der Waals surface area contributed by atoms with Crippen molar-refractivity contribution in [2.24, 2.45) is 0 Å². The van der Waals surface area contributed by atoms with Crippen molar-refractivity contribution in [3.63, 3.8) is 0 Å². The zero-order valence-corrected chi connectivity index (χ0v) is 21.7. The molecule has 1 aliphatic heterocycles. The van der Waals surface area contributed by atoms with Crippen LogP contribution in [0, 0.1) is 13.8 Å². The molecule has 0 bridgehead atoms. The summed E-state index contributed by atoms with van der Waals surface area (Å²) in [6, 6.07) is 13.6. The van der Waals surface area contributed by atoms with Gasteiger partial charge in [0.2, 0.25) is 0 Å². The van der Waals surface area contributed by atoms with Gasteiger partial charge in [-0.15, -0.1) is 0 Å². The van der Waals surface area contributed by atoms with E-state index in [2.05, 4.69) is 27.2 Å². The van der Waals surface area contributed by atoms with Gasteiger partial charge in [0.25, 0.3) is 0 Å². The van der Waals surface area contributed by atoms with Crippen molar-refractivity contribution >= 4 is 57.8 Å². The molecule has 0 aliphatic carbocycles. The van der Waals surface area contributed by atoms with Crippen molar-refractivity contribution in [1.82, 2.24) is 19.6 Å². The number of hydrogen-bond donors (Lipinski definition) is 1. The molecule has 9 heteroatoms. The quantitative estimate of drug-likeness (QED) is 0.415. The molecular formula is C24H26Cl3N5S. The van der Waals surface area contributed by atoms with Crippen molar-refractivity contribution < 1.29 is 0 Å². The smallest absolute Gasteiger partial charge is 0.173 e. The van der Waals surface area contributed by atoms with Gasteiger partial charge in [-0.2, -0.15) is 5.10 Å². The van der Waals surface area contributed by atoms with E-state index in [9.17, 15) is 0 Å². The van der Waals surface area contributed by atoms with Gasteiger partial charge in [-0.25, -0.2) is 0 Å². The highest BCUT2D eigenvalue weighted by molar-refractivity contribution is 7.80. The van der Waals surface area contributed by atoms with Gasteiger partial charge in [0.05, 0.1) is 23.6 Å². The van der Waals surface area contributed by atoms with Gasteiger partial charge in [0.1, 0.15) is 0 Å². The van der Waals surface area contributed by atoms with Crippen LogP contribution in [0.1, 0.15) is 22.5 Å². The monoisotopic (exact) mass is 521 g/mol. The van der Waals surface area contributed by atoms with Crippen LogP contribution in [0.4, 0.5) is 5.69 Å². The maximum atomic E-state index is 6.36. The van der Waals surface area contributed by atoms with Crippen LogP contribution in [-0.4, -0.2) is 50.9 Å². The predicted octanol–water partition coefficient (Wildman–Crippen LogP) is 6.02. The Labute approximate surface area is 215 Å². The molecule has 0 atom stereocenters. The third-order valence-electron chi connectivity index (χ3n) is 5.93. The molecule has 1 fully saturated rings. The molecule has 33 heavy (non-hydrogen) atoms. The summed E-state index contributed by atoms with van der Waals surface area (Å²) in [5.74, 6) is 0. The molecule has 0 unspecified atom stereocenters. The van der Waals surface area contributed by atoms with Crippen LogP contribution in [0.3, 0.4) is 0 Å². The number of benzene rings is 2. The van der Waals surface area contributed by atoms with Gasteiger partial charge in [0, 0.05) is 47.8 Å². The lowest BCUT2D eigenvalue weighted by Gasteiger charge is -2.36. The first-order valence-corrected chi connectivity index (χ1v) is 12.3. The summed E-state index contributed by atoms with van der Waals surface area (Å²) in [5.41, 5.74) is 5.11. The molecule has 2 heterocycles. The maximum absolute atomic E-state index is 6.36. The molecule has 1 saturated heterocycles. The first-order chi connectivity index (χ1) is 15.8. The van der Waals surface area contributed by atoms with Crippen LogP contribution in [0.25, 0.3) is 0 Å². The Kier molecular flexibility index (Phi) is 7.82. The SMILES string of the molecule is Cc1nn(Cc2ccc(Cl)cc2Cl)c(C)c1NC(=S)N1CCN(Cc2ccc(Cl)cc2)CC1. The summed E-state index contributed by atoms with van der Waals surface area (Å²) >= 11 is 24.1. The number of aromatic nitrogens is 2. The zero-order valence-electron chi connectivity index (χ0n) is 18.6. The van der Waals surface area contributed by atoms with Gasteiger partial charge >= 0.3 is 0 Å². The Morgan fingerprint density at radius 1 is 0.939 bits per heavy atom. The molecule has 4 rings (SSSR count). The van der Waals surface area contributed by atoms with Crippen molar-refractivity contribution in [2.45, 2.75) is 26.9 Å². The van der Waals surface area contributed by atoms with Crippen LogP contribution >= 0.6 is 47.0 Å². The lowest BCUT2D eigenvalue weighted by Crippen LogP contribution is -2.49. The minimum Gasteiger partial charge on any atom is -0.346 e. The second-order valence-electron chi connectivity index (χ2n) is 8.26. The number of piperazine rings is 1. The van der Waals surface area contributed by atoms with Crippen LogP contribution in [0.5, 0.6) is 0 Å². The number of hydrogen-bond acceptors (Lipinski definition) is 3. The number of anilines is 1. The third kappa shape index (κ3) is 6.00. The average Bonchev–Trinajstić information content (AvgIpc) is 3.05. The number of halogens is 3. The van der Waals surface area contributed by atoms with Gasteiger partial charge in [-0.1, -0.05) is 53.0 Å². The second-order valence-corrected chi connectivity index (χ2v) is 9.93. The first kappa shape index (κ1) is 24.3. The van der Waals surface area contributed by atoms with Crippen LogP contribution in [0.2, 0.25) is 15.1 Å². The highest BCUT2D eigenvalue weighted by Crippen LogP contribution is 2.25. The van der Waals surface area contributed by atoms with E-state index < -0.39 is 0 Å². The van der Waals surface area contributed by atoms with Gasteiger partial charge in [-0.3, -0.25) is 9.58 Å². The molecule has 2 aromatic carbocycles. The summed E-state index contributed by atoms with van der Waals surface area (Å²) in [7, 11) is 0. The maximum Gasteiger partial charge on any atom is 0.173 e. The Hall–Kier alpha value is -1.83. The molecule has 5 nitrogen and oxygen atoms in total. The predicted molar refractivity (Wildman–Crippen MR) is 142 cm³/mol. The summed E-state index contributed by atoms with van der Waals surface area (Å²) in [4.78, 5) is 4.66. The fourth-order valence-corrected chi connectivity index (χ4v) is 4.86. The lowest BCUT2D eigenvalue weighted by molar-refractivity contribution is 0.177. The fraction of sp³-hybridized carbons (Fsp3) is 0.333. The molecule has 174 valence electrons. The number of nitrogens with zero attached hydrogens (tertiary/aromatic N) is 4. The first-order valence-electron chi connectivity index (χ1n) is 10.8. The van der Waals surface area contributed by atoms with E-state index in [1.54, 1.807) is 6.07 Å². The Bertz CT molecular complexity index is 1140. The van der Waals surface area contributed by atoms with E-state index in [4.69, 9.17) is 52.1 Å². The summed E-state index contributed by atoms with van der Waals surface area (Å²) in [5, 5.41) is 10.9. The summed E-state index contributed by atoms with van der Waals surface area (Å²) in [6.07, 6.45) is 0. The minimum atomic E-state index is 0.570. The Morgan fingerprint density at radius 2 is 1.61 bits per heavy atom. The van der Waals surface area contributed by atoms with Crippen LogP contribution in [0.15, 0.2) is 42.5 Å². The molecule has 0 radical (unpaired) electrons. The standard InChI is InChI=1S/C24H26Cl3N5S/c1-16-23(17(2)32(29-16)15-19-5-8-21(26)13-22(19)27)28-24(33)31-11-9-30(10-12-31)14-18-3-6-20(25)7-4-18/h3-8,13H,9-12,14-15H2,1-2H3,(H,28,33). The van der Waals surface area contributed by atoms with E-state index in [-0.39, 0.29) is 0 Å². The van der Waals surface area contributed by atoms with Gasteiger partial charge < -0.3 is 10.2 Å². The highest BCUT2D eigenvalue weighted by atomic mass is 35.5. The Morgan fingerprint density at radius 3 is 2.27 bits per heavy atom. The summed E-state index contributed by atoms with van der Waals surface area (Å²) < 4.78 is 1.94. The highest BCUT2D eigenvalue weighted by Gasteiger charge is 2.21. The average molecular weight is 523 g/mol.